The first kappa shape index (κ1) is 13.2. The van der Waals surface area contributed by atoms with E-state index >= 15 is 0 Å². The normalized spacial score (nSPS) is 14.3. The van der Waals surface area contributed by atoms with Crippen LogP contribution in [0.3, 0.4) is 0 Å². The van der Waals surface area contributed by atoms with Crippen LogP contribution in [0.2, 0.25) is 5.15 Å². The second-order valence-corrected chi connectivity index (χ2v) is 5.34. The van der Waals surface area contributed by atoms with E-state index < -0.39 is 5.97 Å². The van der Waals surface area contributed by atoms with Gasteiger partial charge in [0.25, 0.3) is 0 Å². The molecule has 1 aliphatic rings. The highest BCUT2D eigenvalue weighted by atomic mass is 35.5. The molecular weight excluding hydrogens is 276 g/mol. The van der Waals surface area contributed by atoms with Gasteiger partial charge < -0.3 is 10.4 Å². The molecule has 0 atom stereocenters. The number of nitrogens with one attached hydrogen (secondary N) is 1. The number of aromatic carboxylic acids is 1. The van der Waals surface area contributed by atoms with Crippen molar-refractivity contribution in [2.45, 2.75) is 23.9 Å². The number of rotatable bonds is 5. The van der Waals surface area contributed by atoms with Crippen LogP contribution >= 0.6 is 23.4 Å². The summed E-state index contributed by atoms with van der Waals surface area (Å²) in [6.45, 7) is 0. The molecule has 96 valence electrons. The summed E-state index contributed by atoms with van der Waals surface area (Å²) in [7, 11) is 0. The molecule has 7 heteroatoms. The first-order valence-electron chi connectivity index (χ1n) is 5.37. The maximum Gasteiger partial charge on any atom is 0.335 e. The van der Waals surface area contributed by atoms with Gasteiger partial charge in [0.05, 0.1) is 16.3 Å². The Morgan fingerprint density at radius 3 is 2.83 bits per heavy atom. The Kier molecular flexibility index (Phi) is 4.08. The molecule has 18 heavy (non-hydrogen) atoms. The van der Waals surface area contributed by atoms with Crippen LogP contribution in [0.4, 0.5) is 0 Å². The fourth-order valence-electron chi connectivity index (χ4n) is 1.31. The van der Waals surface area contributed by atoms with Gasteiger partial charge in [0, 0.05) is 6.04 Å². The summed E-state index contributed by atoms with van der Waals surface area (Å²) in [5, 5.41) is 12.2. The van der Waals surface area contributed by atoms with Gasteiger partial charge in [-0.15, -0.1) is 0 Å². The van der Waals surface area contributed by atoms with Gasteiger partial charge in [-0.1, -0.05) is 23.4 Å². The lowest BCUT2D eigenvalue weighted by Crippen LogP contribution is -2.27. The zero-order chi connectivity index (χ0) is 13.1. The van der Waals surface area contributed by atoms with Gasteiger partial charge in [0.1, 0.15) is 5.15 Å². The number of carbonyl (C=O) groups excluding carboxylic acids is 1. The van der Waals surface area contributed by atoms with Crippen molar-refractivity contribution in [3.63, 3.8) is 0 Å². The minimum atomic E-state index is -1.07. The molecule has 0 aromatic carbocycles. The predicted octanol–water partition coefficient (Wildman–Crippen LogP) is 1.80. The summed E-state index contributed by atoms with van der Waals surface area (Å²) in [5.41, 5.74) is 0.0695. The third-order valence-electron chi connectivity index (χ3n) is 2.31. The third-order valence-corrected chi connectivity index (χ3v) is 3.42. The molecule has 0 spiro atoms. The van der Waals surface area contributed by atoms with E-state index in [-0.39, 0.29) is 22.4 Å². The number of pyridine rings is 1. The third kappa shape index (κ3) is 3.89. The van der Waals surface area contributed by atoms with Gasteiger partial charge in [-0.3, -0.25) is 4.79 Å². The quantitative estimate of drug-likeness (QED) is 0.637. The van der Waals surface area contributed by atoms with Gasteiger partial charge in [0.15, 0.2) is 0 Å². The van der Waals surface area contributed by atoms with Crippen molar-refractivity contribution in [2.24, 2.45) is 0 Å². The van der Waals surface area contributed by atoms with Gasteiger partial charge in [-0.2, -0.15) is 0 Å². The molecule has 0 saturated heterocycles. The molecule has 1 fully saturated rings. The van der Waals surface area contributed by atoms with Gasteiger partial charge in [-0.05, 0) is 25.0 Å². The van der Waals surface area contributed by atoms with Crippen LogP contribution in [0.15, 0.2) is 17.2 Å². The standard InChI is InChI=1S/C11H11ClN2O3S/c12-8-3-6(11(16)17)4-10(14-8)18-5-9(15)13-7-1-2-7/h3-4,7H,1-2,5H2,(H,13,15)(H,16,17). The molecular formula is C11H11ClN2O3S. The van der Waals surface area contributed by atoms with E-state index in [1.54, 1.807) is 0 Å². The topological polar surface area (TPSA) is 79.3 Å². The monoisotopic (exact) mass is 286 g/mol. The van der Waals surface area contributed by atoms with Gasteiger partial charge in [-0.25, -0.2) is 9.78 Å². The molecule has 0 unspecified atom stereocenters. The summed E-state index contributed by atoms with van der Waals surface area (Å²) >= 11 is 6.89. The Balaban J connectivity index is 1.95. The lowest BCUT2D eigenvalue weighted by atomic mass is 10.3. The Labute approximate surface area is 113 Å². The predicted molar refractivity (Wildman–Crippen MR) is 68.1 cm³/mol. The average molecular weight is 287 g/mol. The van der Waals surface area contributed by atoms with Crippen LogP contribution < -0.4 is 5.32 Å². The van der Waals surface area contributed by atoms with Crippen LogP contribution in [0.5, 0.6) is 0 Å². The lowest BCUT2D eigenvalue weighted by molar-refractivity contribution is -0.118. The van der Waals surface area contributed by atoms with E-state index in [1.165, 1.54) is 23.9 Å². The minimum Gasteiger partial charge on any atom is -0.478 e. The highest BCUT2D eigenvalue weighted by molar-refractivity contribution is 7.99. The highest BCUT2D eigenvalue weighted by Gasteiger charge is 2.23. The van der Waals surface area contributed by atoms with Crippen molar-refractivity contribution in [3.05, 3.63) is 22.8 Å². The van der Waals surface area contributed by atoms with Crippen LogP contribution in [0.1, 0.15) is 23.2 Å². The summed E-state index contributed by atoms with van der Waals surface area (Å²) in [4.78, 5) is 26.3. The van der Waals surface area contributed by atoms with Crippen molar-refractivity contribution >= 4 is 35.2 Å². The van der Waals surface area contributed by atoms with E-state index in [2.05, 4.69) is 10.3 Å². The number of aromatic nitrogens is 1. The summed E-state index contributed by atoms with van der Waals surface area (Å²) < 4.78 is 0. The molecule has 0 bridgehead atoms. The van der Waals surface area contributed by atoms with E-state index in [9.17, 15) is 9.59 Å². The van der Waals surface area contributed by atoms with E-state index in [0.717, 1.165) is 12.8 Å². The molecule has 2 N–H and O–H groups in total. The summed E-state index contributed by atoms with van der Waals surface area (Å²) in [6, 6.07) is 3.00. The number of nitrogens with zero attached hydrogens (tertiary/aromatic N) is 1. The maximum absolute atomic E-state index is 11.5. The maximum atomic E-state index is 11.5. The Bertz CT molecular complexity index is 491. The summed E-state index contributed by atoms with van der Waals surface area (Å²) in [5.74, 6) is -0.923. The number of hydrogen-bond acceptors (Lipinski definition) is 4. The minimum absolute atomic E-state index is 0.0684. The highest BCUT2D eigenvalue weighted by Crippen LogP contribution is 2.22. The Hall–Kier alpha value is -1.27. The van der Waals surface area contributed by atoms with Crippen molar-refractivity contribution < 1.29 is 14.7 Å². The van der Waals surface area contributed by atoms with Crippen LogP contribution in [0.25, 0.3) is 0 Å². The van der Waals surface area contributed by atoms with Crippen molar-refractivity contribution in [1.29, 1.82) is 0 Å². The number of amides is 1. The van der Waals surface area contributed by atoms with Crippen LogP contribution in [-0.4, -0.2) is 33.8 Å². The first-order valence-corrected chi connectivity index (χ1v) is 6.74. The molecule has 2 rings (SSSR count). The first-order chi connectivity index (χ1) is 8.54. The average Bonchev–Trinajstić information content (AvgIpc) is 3.09. The number of carbonyl (C=O) groups is 2. The van der Waals surface area contributed by atoms with Crippen LogP contribution in [0, 0.1) is 0 Å². The molecule has 1 aromatic heterocycles. The molecule has 0 aliphatic heterocycles. The number of hydrogen-bond donors (Lipinski definition) is 2. The van der Waals surface area contributed by atoms with Crippen LogP contribution in [-0.2, 0) is 4.79 Å². The Morgan fingerprint density at radius 2 is 2.22 bits per heavy atom. The molecule has 1 aliphatic carbocycles. The second kappa shape index (κ2) is 5.58. The number of halogens is 1. The Morgan fingerprint density at radius 1 is 1.50 bits per heavy atom. The number of carboxylic acids is 1. The fraction of sp³-hybridized carbons (Fsp3) is 0.364. The van der Waals surface area contributed by atoms with Crippen molar-refractivity contribution in [1.82, 2.24) is 10.3 Å². The largest absolute Gasteiger partial charge is 0.478 e. The second-order valence-electron chi connectivity index (χ2n) is 3.95. The van der Waals surface area contributed by atoms with Gasteiger partial charge >= 0.3 is 5.97 Å². The molecule has 0 radical (unpaired) electrons. The van der Waals surface area contributed by atoms with Crippen molar-refractivity contribution in [2.75, 3.05) is 5.75 Å². The van der Waals surface area contributed by atoms with E-state index in [1.807, 2.05) is 0 Å². The summed E-state index contributed by atoms with van der Waals surface area (Å²) in [6.07, 6.45) is 2.07. The number of thioether (sulfide) groups is 1. The zero-order valence-electron chi connectivity index (χ0n) is 9.35. The van der Waals surface area contributed by atoms with E-state index in [4.69, 9.17) is 16.7 Å². The molecule has 5 nitrogen and oxygen atoms in total. The SMILES string of the molecule is O=C(CSc1cc(C(=O)O)cc(Cl)n1)NC1CC1. The van der Waals surface area contributed by atoms with E-state index in [0.29, 0.717) is 11.1 Å². The smallest absolute Gasteiger partial charge is 0.335 e. The lowest BCUT2D eigenvalue weighted by Gasteiger charge is -2.04. The molecule has 1 heterocycles. The number of carboxylic acid groups (broad SMARTS) is 1. The fourth-order valence-corrected chi connectivity index (χ4v) is 2.30. The van der Waals surface area contributed by atoms with Gasteiger partial charge in [0.2, 0.25) is 5.91 Å². The molecule has 1 saturated carbocycles. The molecule has 1 aromatic rings. The zero-order valence-corrected chi connectivity index (χ0v) is 10.9. The van der Waals surface area contributed by atoms with Crippen molar-refractivity contribution in [3.8, 4) is 0 Å². The molecule has 1 amide bonds.